The summed E-state index contributed by atoms with van der Waals surface area (Å²) >= 11 is 0. The maximum atomic E-state index is 11.1. The van der Waals surface area contributed by atoms with E-state index in [1.165, 1.54) is 0 Å². The molecule has 1 heterocycles. The van der Waals surface area contributed by atoms with Gasteiger partial charge in [-0.05, 0) is 19.4 Å². The van der Waals surface area contributed by atoms with Gasteiger partial charge in [0.1, 0.15) is 0 Å². The molecule has 0 aromatic rings. The molecular weight excluding hydrogens is 178 g/mol. The first-order valence-electron chi connectivity index (χ1n) is 5.27. The quantitative estimate of drug-likeness (QED) is 0.679. The van der Waals surface area contributed by atoms with Crippen molar-refractivity contribution in [3.05, 3.63) is 0 Å². The van der Waals surface area contributed by atoms with Crippen molar-refractivity contribution in [3.8, 4) is 0 Å². The van der Waals surface area contributed by atoms with Gasteiger partial charge in [-0.25, -0.2) is 0 Å². The number of carbonyl (C=O) groups is 1. The smallest absolute Gasteiger partial charge is 0.219 e. The molecular formula is C10H21N3O. The molecule has 1 aliphatic heterocycles. The number of nitrogens with zero attached hydrogens (tertiary/aromatic N) is 2. The fraction of sp³-hybridized carbons (Fsp3) is 0.900. The van der Waals surface area contributed by atoms with Crippen LogP contribution in [0.2, 0.25) is 0 Å². The second kappa shape index (κ2) is 5.32. The van der Waals surface area contributed by atoms with E-state index in [1.807, 2.05) is 4.90 Å². The number of rotatable bonds is 4. The van der Waals surface area contributed by atoms with Crippen LogP contribution >= 0.6 is 0 Å². The highest BCUT2D eigenvalue weighted by molar-refractivity contribution is 5.73. The lowest BCUT2D eigenvalue weighted by molar-refractivity contribution is -0.127. The van der Waals surface area contributed by atoms with E-state index in [0.717, 1.165) is 32.6 Å². The van der Waals surface area contributed by atoms with Crippen LogP contribution < -0.4 is 5.73 Å². The van der Waals surface area contributed by atoms with Gasteiger partial charge >= 0.3 is 0 Å². The maximum Gasteiger partial charge on any atom is 0.219 e. The van der Waals surface area contributed by atoms with Gasteiger partial charge in [-0.15, -0.1) is 0 Å². The van der Waals surface area contributed by atoms with Crippen LogP contribution in [0.15, 0.2) is 0 Å². The Morgan fingerprint density at radius 2 is 2.36 bits per heavy atom. The second-order valence-electron chi connectivity index (χ2n) is 4.17. The molecule has 0 unspecified atom stereocenters. The van der Waals surface area contributed by atoms with Gasteiger partial charge in [0.25, 0.3) is 0 Å². The minimum Gasteiger partial charge on any atom is -0.343 e. The van der Waals surface area contributed by atoms with E-state index < -0.39 is 0 Å². The molecule has 0 spiro atoms. The molecule has 1 rings (SSSR count). The third kappa shape index (κ3) is 3.27. The molecule has 1 amide bonds. The van der Waals surface area contributed by atoms with E-state index in [0.29, 0.717) is 12.5 Å². The predicted molar refractivity (Wildman–Crippen MR) is 56.9 cm³/mol. The molecule has 1 atom stereocenters. The Labute approximate surface area is 86.0 Å². The second-order valence-corrected chi connectivity index (χ2v) is 4.17. The molecule has 2 N–H and O–H groups in total. The van der Waals surface area contributed by atoms with Crippen molar-refractivity contribution in [1.29, 1.82) is 0 Å². The Balaban J connectivity index is 2.25. The number of nitrogens with two attached hydrogens (primary N) is 1. The summed E-state index contributed by atoms with van der Waals surface area (Å²) in [5.41, 5.74) is 5.47. The first-order chi connectivity index (χ1) is 6.63. The van der Waals surface area contributed by atoms with Crippen LogP contribution in [0.25, 0.3) is 0 Å². The molecule has 0 saturated carbocycles. The summed E-state index contributed by atoms with van der Waals surface area (Å²) in [6, 6.07) is 0. The summed E-state index contributed by atoms with van der Waals surface area (Å²) in [5.74, 6) is 0.837. The molecule has 1 saturated heterocycles. The van der Waals surface area contributed by atoms with Gasteiger partial charge in [-0.1, -0.05) is 0 Å². The summed E-state index contributed by atoms with van der Waals surface area (Å²) < 4.78 is 0. The van der Waals surface area contributed by atoms with Gasteiger partial charge < -0.3 is 15.5 Å². The van der Waals surface area contributed by atoms with Crippen molar-refractivity contribution in [1.82, 2.24) is 9.80 Å². The highest BCUT2D eigenvalue weighted by Gasteiger charge is 2.24. The monoisotopic (exact) mass is 199 g/mol. The van der Waals surface area contributed by atoms with Gasteiger partial charge in [0.15, 0.2) is 0 Å². The first kappa shape index (κ1) is 11.5. The number of likely N-dealkylation sites (N-methyl/N-ethyl adjacent to an activating group) is 1. The van der Waals surface area contributed by atoms with Gasteiger partial charge in [0.2, 0.25) is 5.91 Å². The molecule has 82 valence electrons. The van der Waals surface area contributed by atoms with E-state index >= 15 is 0 Å². The van der Waals surface area contributed by atoms with Crippen molar-refractivity contribution in [2.45, 2.75) is 13.3 Å². The number of hydrogen-bond donors (Lipinski definition) is 1. The lowest BCUT2D eigenvalue weighted by atomic mass is 10.1. The van der Waals surface area contributed by atoms with E-state index in [4.69, 9.17) is 5.73 Å². The molecule has 4 heteroatoms. The Morgan fingerprint density at radius 1 is 1.64 bits per heavy atom. The third-order valence-electron chi connectivity index (χ3n) is 2.81. The van der Waals surface area contributed by atoms with Crippen LogP contribution in [0, 0.1) is 5.92 Å². The van der Waals surface area contributed by atoms with E-state index in [-0.39, 0.29) is 5.91 Å². The molecule has 0 aromatic heterocycles. The molecule has 0 bridgehead atoms. The minimum atomic E-state index is 0.203. The van der Waals surface area contributed by atoms with Gasteiger partial charge in [0.05, 0.1) is 0 Å². The Bertz CT molecular complexity index is 196. The highest BCUT2D eigenvalue weighted by Crippen LogP contribution is 2.16. The lowest BCUT2D eigenvalue weighted by Crippen LogP contribution is -2.32. The summed E-state index contributed by atoms with van der Waals surface area (Å²) in [5, 5.41) is 0. The van der Waals surface area contributed by atoms with Crippen molar-refractivity contribution in [3.63, 3.8) is 0 Å². The topological polar surface area (TPSA) is 49.6 Å². The minimum absolute atomic E-state index is 0.203. The van der Waals surface area contributed by atoms with Crippen molar-refractivity contribution in [2.75, 3.05) is 39.8 Å². The summed E-state index contributed by atoms with van der Waals surface area (Å²) in [7, 11) is 2.09. The van der Waals surface area contributed by atoms with Crippen LogP contribution in [-0.2, 0) is 4.79 Å². The normalized spacial score (nSPS) is 22.0. The number of carbonyl (C=O) groups excluding carboxylic acids is 1. The number of hydrogen-bond acceptors (Lipinski definition) is 3. The molecule has 0 aromatic carbocycles. The first-order valence-corrected chi connectivity index (χ1v) is 5.27. The molecule has 0 radical (unpaired) electrons. The fourth-order valence-electron chi connectivity index (χ4n) is 2.02. The Kier molecular flexibility index (Phi) is 4.35. The summed E-state index contributed by atoms with van der Waals surface area (Å²) in [6.07, 6.45) is 1.13. The van der Waals surface area contributed by atoms with E-state index in [9.17, 15) is 4.79 Å². The summed E-state index contributed by atoms with van der Waals surface area (Å²) in [6.45, 7) is 6.20. The maximum absolute atomic E-state index is 11.1. The van der Waals surface area contributed by atoms with E-state index in [2.05, 4.69) is 11.9 Å². The zero-order valence-corrected chi connectivity index (χ0v) is 9.20. The van der Waals surface area contributed by atoms with Crippen LogP contribution in [0.3, 0.4) is 0 Å². The van der Waals surface area contributed by atoms with Crippen molar-refractivity contribution < 1.29 is 4.79 Å². The van der Waals surface area contributed by atoms with Crippen LogP contribution in [0.5, 0.6) is 0 Å². The van der Waals surface area contributed by atoms with Crippen LogP contribution in [0.4, 0.5) is 0 Å². The molecule has 14 heavy (non-hydrogen) atoms. The SMILES string of the molecule is CC(=O)N1CC[C@H](CN(C)CCN)C1. The molecule has 1 aliphatic rings. The third-order valence-corrected chi connectivity index (χ3v) is 2.81. The van der Waals surface area contributed by atoms with Gasteiger partial charge in [0, 0.05) is 39.6 Å². The van der Waals surface area contributed by atoms with Crippen LogP contribution in [-0.4, -0.2) is 55.5 Å². The number of amides is 1. The molecule has 0 aliphatic carbocycles. The Hall–Kier alpha value is -0.610. The predicted octanol–water partition coefficient (Wildman–Crippen LogP) is -0.255. The van der Waals surface area contributed by atoms with Crippen molar-refractivity contribution in [2.24, 2.45) is 11.7 Å². The lowest BCUT2D eigenvalue weighted by Gasteiger charge is -2.20. The van der Waals surface area contributed by atoms with Crippen LogP contribution in [0.1, 0.15) is 13.3 Å². The standard InChI is InChI=1S/C10H21N3O/c1-9(14)13-5-3-10(8-13)7-12(2)6-4-11/h10H,3-8,11H2,1-2H3/t10-/m1/s1. The summed E-state index contributed by atoms with van der Waals surface area (Å²) in [4.78, 5) is 15.3. The highest BCUT2D eigenvalue weighted by atomic mass is 16.2. The average molecular weight is 199 g/mol. The van der Waals surface area contributed by atoms with Gasteiger partial charge in [-0.3, -0.25) is 4.79 Å². The van der Waals surface area contributed by atoms with Crippen molar-refractivity contribution >= 4 is 5.91 Å². The molecule has 4 nitrogen and oxygen atoms in total. The van der Waals surface area contributed by atoms with Gasteiger partial charge in [-0.2, -0.15) is 0 Å². The zero-order chi connectivity index (χ0) is 10.6. The number of likely N-dealkylation sites (tertiary alicyclic amines) is 1. The Morgan fingerprint density at radius 3 is 2.86 bits per heavy atom. The fourth-order valence-corrected chi connectivity index (χ4v) is 2.02. The van der Waals surface area contributed by atoms with E-state index in [1.54, 1.807) is 6.92 Å². The largest absolute Gasteiger partial charge is 0.343 e. The zero-order valence-electron chi connectivity index (χ0n) is 9.20. The molecule has 1 fully saturated rings. The average Bonchev–Trinajstić information content (AvgIpc) is 2.53.